The van der Waals surface area contributed by atoms with E-state index in [9.17, 15) is 0 Å². The van der Waals surface area contributed by atoms with E-state index in [4.69, 9.17) is 5.73 Å². The fourth-order valence-corrected chi connectivity index (χ4v) is 2.67. The third-order valence-electron chi connectivity index (χ3n) is 4.35. The van der Waals surface area contributed by atoms with Crippen molar-refractivity contribution >= 4 is 5.96 Å². The molecule has 0 saturated carbocycles. The molecule has 0 bridgehead atoms. The van der Waals surface area contributed by atoms with E-state index in [1.54, 1.807) is 0 Å². The number of guanidine groups is 1. The predicted octanol–water partition coefficient (Wildman–Crippen LogP) is 2.77. The average Bonchev–Trinajstić information content (AvgIpc) is 2.46. The fourth-order valence-electron chi connectivity index (χ4n) is 2.67. The van der Waals surface area contributed by atoms with Gasteiger partial charge in [-0.2, -0.15) is 0 Å². The van der Waals surface area contributed by atoms with Gasteiger partial charge >= 0.3 is 5.96 Å². The lowest BCUT2D eigenvalue weighted by Crippen LogP contribution is -2.44. The van der Waals surface area contributed by atoms with E-state index in [2.05, 4.69) is 26.3 Å². The van der Waals surface area contributed by atoms with Crippen molar-refractivity contribution in [1.82, 2.24) is 5.32 Å². The highest BCUT2D eigenvalue weighted by atomic mass is 15.3. The van der Waals surface area contributed by atoms with Gasteiger partial charge in [-0.3, -0.25) is 15.6 Å². The number of quaternary nitrogens is 1. The van der Waals surface area contributed by atoms with Crippen LogP contribution in [-0.2, 0) is 0 Å². The van der Waals surface area contributed by atoms with Crippen LogP contribution < -0.4 is 11.1 Å². The summed E-state index contributed by atoms with van der Waals surface area (Å²) in [6, 6.07) is 0. The number of hydrogen-bond donors (Lipinski definition) is 2. The van der Waals surface area contributed by atoms with Crippen LogP contribution in [0.5, 0.6) is 0 Å². The molecule has 0 radical (unpaired) electrons. The molecule has 4 heteroatoms. The van der Waals surface area contributed by atoms with Crippen molar-refractivity contribution in [2.24, 2.45) is 5.73 Å². The second-order valence-corrected chi connectivity index (χ2v) is 7.42. The molecule has 3 N–H and O–H groups in total. The van der Waals surface area contributed by atoms with Gasteiger partial charge in [0.1, 0.15) is 0 Å². The van der Waals surface area contributed by atoms with Crippen LogP contribution in [0.2, 0.25) is 0 Å². The summed E-state index contributed by atoms with van der Waals surface area (Å²) in [5, 5.41) is 3.27. The first kappa shape index (κ1) is 21.2. The first-order valence-electron chi connectivity index (χ1n) is 9.24. The monoisotopic (exact) mass is 314 g/mol. The van der Waals surface area contributed by atoms with E-state index in [0.29, 0.717) is 0 Å². The number of rotatable bonds is 13. The van der Waals surface area contributed by atoms with E-state index >= 15 is 0 Å². The molecule has 0 aromatic carbocycles. The normalized spacial score (nSPS) is 11.5. The molecule has 0 aromatic rings. The van der Waals surface area contributed by atoms with E-state index in [1.165, 1.54) is 70.9 Å². The van der Waals surface area contributed by atoms with Gasteiger partial charge < -0.3 is 4.48 Å². The molecular weight excluding hydrogens is 272 g/mol. The summed E-state index contributed by atoms with van der Waals surface area (Å²) in [5.74, 6) is 0.758. The zero-order valence-electron chi connectivity index (χ0n) is 16.0. The lowest BCUT2D eigenvalue weighted by Gasteiger charge is -2.29. The van der Waals surface area contributed by atoms with Crippen molar-refractivity contribution in [3.05, 3.63) is 0 Å². The number of unbranched alkanes of at least 4 members (excludes halogenated alkanes) is 7. The van der Waals surface area contributed by atoms with Gasteiger partial charge in [0, 0.05) is 6.42 Å². The molecule has 0 rings (SSSR count). The zero-order chi connectivity index (χ0) is 16.8. The number of nitrogens with two attached hydrogens (primary N) is 1. The van der Waals surface area contributed by atoms with E-state index in [-0.39, 0.29) is 0 Å². The van der Waals surface area contributed by atoms with Crippen LogP contribution in [0.4, 0.5) is 0 Å². The Morgan fingerprint density at radius 2 is 1.36 bits per heavy atom. The largest absolute Gasteiger partial charge is 0.343 e. The molecule has 22 heavy (non-hydrogen) atoms. The van der Waals surface area contributed by atoms with Crippen LogP contribution in [0.15, 0.2) is 0 Å². The Bertz CT molecular complexity index is 293. The van der Waals surface area contributed by atoms with Crippen molar-refractivity contribution in [3.63, 3.8) is 0 Å². The smallest absolute Gasteiger partial charge is 0.328 e. The Morgan fingerprint density at radius 1 is 0.864 bits per heavy atom. The first-order valence-corrected chi connectivity index (χ1v) is 9.24. The van der Waals surface area contributed by atoms with E-state index < -0.39 is 0 Å². The van der Waals surface area contributed by atoms with Crippen LogP contribution >= 0.6 is 0 Å². The number of nitrogens with zero attached hydrogens (tertiary/aromatic N) is 2. The Hall–Kier alpha value is -0.770. The lowest BCUT2D eigenvalue weighted by molar-refractivity contribution is -0.890. The highest BCUT2D eigenvalue weighted by Gasteiger charge is 2.14. The second-order valence-electron chi connectivity index (χ2n) is 7.42. The summed E-state index contributed by atoms with van der Waals surface area (Å²) in [5.41, 5.74) is 5.85. The van der Waals surface area contributed by atoms with Crippen LogP contribution in [0, 0.1) is 0 Å². The first-order chi connectivity index (χ1) is 10.4. The average molecular weight is 315 g/mol. The Kier molecular flexibility index (Phi) is 12.3. The molecule has 0 unspecified atom stereocenters. The molecule has 0 heterocycles. The Balaban J connectivity index is 3.55. The topological polar surface area (TPSA) is 41.1 Å². The maximum Gasteiger partial charge on any atom is 0.343 e. The fraction of sp³-hybridized carbons (Fsp3) is 0.944. The summed E-state index contributed by atoms with van der Waals surface area (Å²) in [7, 11) is 8.62. The minimum Gasteiger partial charge on any atom is -0.328 e. The van der Waals surface area contributed by atoms with Gasteiger partial charge in [0.25, 0.3) is 0 Å². The van der Waals surface area contributed by atoms with Crippen molar-refractivity contribution < 1.29 is 9.06 Å². The maximum atomic E-state index is 5.85. The molecule has 0 saturated heterocycles. The van der Waals surface area contributed by atoms with Gasteiger partial charge in [-0.05, 0) is 12.8 Å². The molecule has 0 aliphatic carbocycles. The quantitative estimate of drug-likeness (QED) is 0.180. The molecule has 0 amide bonds. The highest BCUT2D eigenvalue weighted by Crippen LogP contribution is 2.10. The minimum atomic E-state index is 0.758. The van der Waals surface area contributed by atoms with Gasteiger partial charge in [-0.1, -0.05) is 45.4 Å². The minimum absolute atomic E-state index is 0.758. The van der Waals surface area contributed by atoms with Crippen LogP contribution in [0.3, 0.4) is 0 Å². The van der Waals surface area contributed by atoms with Gasteiger partial charge in [0.2, 0.25) is 0 Å². The van der Waals surface area contributed by atoms with Crippen LogP contribution in [0.1, 0.15) is 64.7 Å². The van der Waals surface area contributed by atoms with Crippen molar-refractivity contribution in [2.75, 3.05) is 47.8 Å². The highest BCUT2D eigenvalue weighted by molar-refractivity contribution is 5.72. The van der Waals surface area contributed by atoms with Gasteiger partial charge in [-0.15, -0.1) is 0 Å². The van der Waals surface area contributed by atoms with Crippen LogP contribution in [0.25, 0.3) is 0 Å². The predicted molar refractivity (Wildman–Crippen MR) is 98.4 cm³/mol. The van der Waals surface area contributed by atoms with Crippen molar-refractivity contribution in [3.8, 4) is 0 Å². The Morgan fingerprint density at radius 3 is 1.91 bits per heavy atom. The Labute approximate surface area is 139 Å². The standard InChI is InChI=1S/C18H41N4/c1-6-7-8-9-10-11-12-13-16-22(4,5)17-14-15-20-18(19)21(2)3/h6-17H2,1-5H3,(H2,19,20)/q+1/p+1. The molecule has 0 fully saturated rings. The third-order valence-corrected chi connectivity index (χ3v) is 4.35. The summed E-state index contributed by atoms with van der Waals surface area (Å²) in [6.45, 7) is 5.75. The summed E-state index contributed by atoms with van der Waals surface area (Å²) in [6.07, 6.45) is 12.4. The molecule has 132 valence electrons. The van der Waals surface area contributed by atoms with E-state index in [0.717, 1.165) is 17.0 Å². The number of hydrogen-bond acceptors (Lipinski definition) is 0. The molecular formula is C18H42N4+2. The molecule has 0 spiro atoms. The molecule has 0 aliphatic heterocycles. The summed E-state index contributed by atoms with van der Waals surface area (Å²) in [4.78, 5) is 0. The number of nitrogens with one attached hydrogen (secondary N) is 1. The molecule has 0 atom stereocenters. The van der Waals surface area contributed by atoms with Crippen molar-refractivity contribution in [1.29, 1.82) is 0 Å². The molecule has 0 aromatic heterocycles. The SMILES string of the molecule is CCCCCCCCCC[N+](C)(C)CCCNC(N)=[N+](C)C. The zero-order valence-corrected chi connectivity index (χ0v) is 16.0. The maximum absolute atomic E-state index is 5.85. The van der Waals surface area contributed by atoms with Crippen LogP contribution in [-0.4, -0.2) is 62.8 Å². The van der Waals surface area contributed by atoms with Gasteiger partial charge in [0.05, 0.1) is 47.8 Å². The third kappa shape index (κ3) is 12.9. The second kappa shape index (κ2) is 12.7. The van der Waals surface area contributed by atoms with Gasteiger partial charge in [0.15, 0.2) is 0 Å². The summed E-state index contributed by atoms with van der Waals surface area (Å²) >= 11 is 0. The van der Waals surface area contributed by atoms with Crippen molar-refractivity contribution in [2.45, 2.75) is 64.7 Å². The lowest BCUT2D eigenvalue weighted by atomic mass is 10.1. The van der Waals surface area contributed by atoms with Gasteiger partial charge in [-0.25, -0.2) is 0 Å². The summed E-state index contributed by atoms with van der Waals surface area (Å²) < 4.78 is 3.04. The molecule has 4 nitrogen and oxygen atoms in total. The van der Waals surface area contributed by atoms with E-state index in [1.807, 2.05) is 18.7 Å². The molecule has 0 aliphatic rings.